The highest BCUT2D eigenvalue weighted by Crippen LogP contribution is 2.19. The van der Waals surface area contributed by atoms with Crippen molar-refractivity contribution in [3.05, 3.63) is 64.2 Å². The molecule has 0 saturated carbocycles. The first-order valence-electron chi connectivity index (χ1n) is 6.88. The monoisotopic (exact) mass is 352 g/mol. The number of halogens is 1. The van der Waals surface area contributed by atoms with Crippen molar-refractivity contribution in [2.24, 2.45) is 5.14 Å². The fourth-order valence-corrected chi connectivity index (χ4v) is 3.19. The number of aryl methyl sites for hydroxylation is 1. The van der Waals surface area contributed by atoms with E-state index in [2.05, 4.69) is 5.32 Å². The van der Waals surface area contributed by atoms with E-state index in [0.29, 0.717) is 10.6 Å². The largest absolute Gasteiger partial charge is 0.346 e. The summed E-state index contributed by atoms with van der Waals surface area (Å²) in [5, 5.41) is 8.55. The third-order valence-corrected chi connectivity index (χ3v) is 4.74. The Morgan fingerprint density at radius 1 is 1.22 bits per heavy atom. The topological polar surface area (TPSA) is 89.3 Å². The zero-order chi connectivity index (χ0) is 17.2. The highest BCUT2D eigenvalue weighted by Gasteiger charge is 2.17. The van der Waals surface area contributed by atoms with Crippen LogP contribution in [0.5, 0.6) is 0 Å². The first kappa shape index (κ1) is 17.5. The van der Waals surface area contributed by atoms with Gasteiger partial charge in [-0.25, -0.2) is 13.6 Å². The average Bonchev–Trinajstić information content (AvgIpc) is 2.46. The molecule has 0 radical (unpaired) electrons. The number of primary sulfonamides is 1. The van der Waals surface area contributed by atoms with Crippen molar-refractivity contribution in [1.82, 2.24) is 5.32 Å². The molecule has 7 heteroatoms. The molecule has 0 aromatic heterocycles. The molecular weight excluding hydrogens is 336 g/mol. The predicted octanol–water partition coefficient (Wildman–Crippen LogP) is 2.79. The number of nitrogens with two attached hydrogens (primary N) is 1. The van der Waals surface area contributed by atoms with Crippen molar-refractivity contribution in [2.75, 3.05) is 0 Å². The maximum Gasteiger partial charge on any atom is 0.251 e. The Bertz CT molecular complexity index is 850. The second-order valence-electron chi connectivity index (χ2n) is 5.28. The third-order valence-electron chi connectivity index (χ3n) is 3.45. The average molecular weight is 353 g/mol. The van der Waals surface area contributed by atoms with Crippen LogP contribution in [0.4, 0.5) is 0 Å². The summed E-state index contributed by atoms with van der Waals surface area (Å²) in [6, 6.07) is 11.3. The summed E-state index contributed by atoms with van der Waals surface area (Å²) in [6.45, 7) is 3.44. The SMILES string of the molecule is Cc1ccc(C(=O)N[C@H](C)c2cccc(Cl)c2)cc1S(N)(=O)=O. The number of amides is 1. The van der Waals surface area contributed by atoms with Gasteiger partial charge in [-0.2, -0.15) is 0 Å². The van der Waals surface area contributed by atoms with E-state index < -0.39 is 10.0 Å². The first-order chi connectivity index (χ1) is 10.7. The van der Waals surface area contributed by atoms with Crippen molar-refractivity contribution in [1.29, 1.82) is 0 Å². The van der Waals surface area contributed by atoms with E-state index in [9.17, 15) is 13.2 Å². The number of nitrogens with one attached hydrogen (secondary N) is 1. The Balaban J connectivity index is 2.24. The van der Waals surface area contributed by atoms with Gasteiger partial charge in [-0.3, -0.25) is 4.79 Å². The van der Waals surface area contributed by atoms with Gasteiger partial charge in [0.2, 0.25) is 10.0 Å². The lowest BCUT2D eigenvalue weighted by molar-refractivity contribution is 0.0939. The van der Waals surface area contributed by atoms with Gasteiger partial charge in [0.1, 0.15) is 0 Å². The van der Waals surface area contributed by atoms with Crippen LogP contribution in [-0.4, -0.2) is 14.3 Å². The van der Waals surface area contributed by atoms with Crippen molar-refractivity contribution in [2.45, 2.75) is 24.8 Å². The van der Waals surface area contributed by atoms with Gasteiger partial charge < -0.3 is 5.32 Å². The Kier molecular flexibility index (Phi) is 5.09. The van der Waals surface area contributed by atoms with E-state index in [-0.39, 0.29) is 22.4 Å². The molecule has 0 fully saturated rings. The molecule has 1 atom stereocenters. The molecule has 0 spiro atoms. The van der Waals surface area contributed by atoms with Gasteiger partial charge in [-0.1, -0.05) is 29.8 Å². The molecule has 0 heterocycles. The van der Waals surface area contributed by atoms with E-state index in [1.54, 1.807) is 37.3 Å². The van der Waals surface area contributed by atoms with Crippen LogP contribution in [0.1, 0.15) is 34.5 Å². The fraction of sp³-hybridized carbons (Fsp3) is 0.188. The van der Waals surface area contributed by atoms with Crippen LogP contribution in [-0.2, 0) is 10.0 Å². The molecule has 122 valence electrons. The summed E-state index contributed by atoms with van der Waals surface area (Å²) >= 11 is 5.94. The molecule has 0 unspecified atom stereocenters. The number of carbonyl (C=O) groups is 1. The number of sulfonamides is 1. The molecule has 3 N–H and O–H groups in total. The summed E-state index contributed by atoms with van der Waals surface area (Å²) < 4.78 is 23.1. The Labute approximate surface area is 140 Å². The Morgan fingerprint density at radius 3 is 2.52 bits per heavy atom. The molecule has 0 bridgehead atoms. The minimum Gasteiger partial charge on any atom is -0.346 e. The maximum absolute atomic E-state index is 12.3. The standard InChI is InChI=1S/C16H17ClN2O3S/c1-10-6-7-13(9-15(10)23(18,21)22)16(20)19-11(2)12-4-3-5-14(17)8-12/h3-9,11H,1-2H3,(H,19,20)(H2,18,21,22)/t11-/m1/s1. The van der Waals surface area contributed by atoms with E-state index in [1.165, 1.54) is 6.07 Å². The van der Waals surface area contributed by atoms with Gasteiger partial charge in [0.15, 0.2) is 0 Å². The van der Waals surface area contributed by atoms with E-state index in [4.69, 9.17) is 16.7 Å². The summed E-state index contributed by atoms with van der Waals surface area (Å²) in [5.41, 5.74) is 1.57. The molecule has 1 amide bonds. The van der Waals surface area contributed by atoms with Gasteiger partial charge in [0.05, 0.1) is 10.9 Å². The normalized spacial score (nSPS) is 12.7. The van der Waals surface area contributed by atoms with Crippen LogP contribution in [0.25, 0.3) is 0 Å². The van der Waals surface area contributed by atoms with E-state index in [0.717, 1.165) is 5.56 Å². The zero-order valence-electron chi connectivity index (χ0n) is 12.7. The summed E-state index contributed by atoms with van der Waals surface area (Å²) in [6.07, 6.45) is 0. The Morgan fingerprint density at radius 2 is 1.91 bits per heavy atom. The smallest absolute Gasteiger partial charge is 0.251 e. The molecule has 2 aromatic rings. The minimum absolute atomic E-state index is 0.0550. The summed E-state index contributed by atoms with van der Waals surface area (Å²) in [7, 11) is -3.87. The third kappa shape index (κ3) is 4.31. The van der Waals surface area contributed by atoms with E-state index in [1.807, 2.05) is 13.0 Å². The predicted molar refractivity (Wildman–Crippen MR) is 89.9 cm³/mol. The molecule has 2 aromatic carbocycles. The van der Waals surface area contributed by atoms with Crippen LogP contribution in [0, 0.1) is 6.92 Å². The number of hydrogen-bond acceptors (Lipinski definition) is 3. The van der Waals surface area contributed by atoms with Gasteiger partial charge in [-0.05, 0) is 49.2 Å². The molecular formula is C16H17ClN2O3S. The van der Waals surface area contributed by atoms with Gasteiger partial charge in [0.25, 0.3) is 5.91 Å². The van der Waals surface area contributed by atoms with Gasteiger partial charge in [0, 0.05) is 10.6 Å². The lowest BCUT2D eigenvalue weighted by Gasteiger charge is -2.15. The quantitative estimate of drug-likeness (QED) is 0.886. The van der Waals surface area contributed by atoms with E-state index >= 15 is 0 Å². The molecule has 0 aliphatic heterocycles. The Hall–Kier alpha value is -1.89. The van der Waals surface area contributed by atoms with Crippen LogP contribution in [0.15, 0.2) is 47.4 Å². The van der Waals surface area contributed by atoms with Crippen molar-refractivity contribution in [3.8, 4) is 0 Å². The fourth-order valence-electron chi connectivity index (χ4n) is 2.19. The zero-order valence-corrected chi connectivity index (χ0v) is 14.3. The molecule has 5 nitrogen and oxygen atoms in total. The number of hydrogen-bond donors (Lipinski definition) is 2. The van der Waals surface area contributed by atoms with Crippen LogP contribution in [0.3, 0.4) is 0 Å². The van der Waals surface area contributed by atoms with Gasteiger partial charge >= 0.3 is 0 Å². The maximum atomic E-state index is 12.3. The van der Waals surface area contributed by atoms with Gasteiger partial charge in [-0.15, -0.1) is 0 Å². The molecule has 23 heavy (non-hydrogen) atoms. The van der Waals surface area contributed by atoms with Crippen molar-refractivity contribution >= 4 is 27.5 Å². The lowest BCUT2D eigenvalue weighted by Crippen LogP contribution is -2.27. The molecule has 0 aliphatic rings. The highest BCUT2D eigenvalue weighted by molar-refractivity contribution is 7.89. The van der Waals surface area contributed by atoms with Crippen LogP contribution >= 0.6 is 11.6 Å². The molecule has 2 rings (SSSR count). The highest BCUT2D eigenvalue weighted by atomic mass is 35.5. The van der Waals surface area contributed by atoms with Crippen LogP contribution < -0.4 is 10.5 Å². The van der Waals surface area contributed by atoms with Crippen molar-refractivity contribution in [3.63, 3.8) is 0 Å². The number of benzene rings is 2. The second kappa shape index (κ2) is 6.70. The lowest BCUT2D eigenvalue weighted by atomic mass is 10.1. The first-order valence-corrected chi connectivity index (χ1v) is 8.80. The number of rotatable bonds is 4. The minimum atomic E-state index is -3.87. The molecule has 0 saturated heterocycles. The molecule has 0 aliphatic carbocycles. The summed E-state index contributed by atoms with van der Waals surface area (Å²) in [5.74, 6) is -0.387. The second-order valence-corrected chi connectivity index (χ2v) is 7.24. The van der Waals surface area contributed by atoms with Crippen molar-refractivity contribution < 1.29 is 13.2 Å². The summed E-state index contributed by atoms with van der Waals surface area (Å²) in [4.78, 5) is 12.3. The number of carbonyl (C=O) groups excluding carboxylic acids is 1. The van der Waals surface area contributed by atoms with Crippen LogP contribution in [0.2, 0.25) is 5.02 Å².